The number of thioether (sulfide) groups is 1. The molecular weight excluding hydrogens is 452 g/mol. The summed E-state index contributed by atoms with van der Waals surface area (Å²) in [6.07, 6.45) is 1.57. The standard InChI is InChI=1S/C21H19BrN4O2S/c1-15-11-20(25-21(24-15)29-14-17-5-3-2-4-6-17)28-13-19(27)26-23-12-16-7-9-18(22)10-8-16/h2-12H,13-14H2,1H3,(H,26,27)/b23-12+. The highest BCUT2D eigenvalue weighted by molar-refractivity contribution is 9.10. The number of hydrogen-bond donors (Lipinski definition) is 1. The second-order valence-corrected chi connectivity index (χ2v) is 7.90. The third-order valence-corrected chi connectivity index (χ3v) is 5.09. The van der Waals surface area contributed by atoms with Crippen molar-refractivity contribution in [2.24, 2.45) is 5.10 Å². The minimum Gasteiger partial charge on any atom is -0.467 e. The average Bonchev–Trinajstić information content (AvgIpc) is 2.73. The molecule has 148 valence electrons. The van der Waals surface area contributed by atoms with E-state index >= 15 is 0 Å². The zero-order valence-corrected chi connectivity index (χ0v) is 18.1. The molecule has 0 aliphatic carbocycles. The van der Waals surface area contributed by atoms with Crippen LogP contribution in [-0.2, 0) is 10.5 Å². The maximum Gasteiger partial charge on any atom is 0.278 e. The highest BCUT2D eigenvalue weighted by Crippen LogP contribution is 2.21. The Bertz CT molecular complexity index is 982. The van der Waals surface area contributed by atoms with E-state index in [4.69, 9.17) is 4.74 Å². The molecule has 0 fully saturated rings. The van der Waals surface area contributed by atoms with Gasteiger partial charge in [0.2, 0.25) is 5.88 Å². The average molecular weight is 471 g/mol. The van der Waals surface area contributed by atoms with Crippen molar-refractivity contribution in [1.29, 1.82) is 0 Å². The lowest BCUT2D eigenvalue weighted by molar-refractivity contribution is -0.123. The largest absolute Gasteiger partial charge is 0.467 e. The van der Waals surface area contributed by atoms with Crippen LogP contribution in [-0.4, -0.2) is 28.7 Å². The molecule has 1 N–H and O–H groups in total. The molecule has 0 bridgehead atoms. The zero-order chi connectivity index (χ0) is 20.5. The van der Waals surface area contributed by atoms with Gasteiger partial charge in [0.25, 0.3) is 5.91 Å². The van der Waals surface area contributed by atoms with Gasteiger partial charge in [-0.25, -0.2) is 10.4 Å². The molecule has 1 amide bonds. The van der Waals surface area contributed by atoms with Crippen LogP contribution < -0.4 is 10.2 Å². The van der Waals surface area contributed by atoms with E-state index in [0.29, 0.717) is 11.0 Å². The van der Waals surface area contributed by atoms with Crippen molar-refractivity contribution < 1.29 is 9.53 Å². The third-order valence-electron chi connectivity index (χ3n) is 3.64. The lowest BCUT2D eigenvalue weighted by Crippen LogP contribution is -2.24. The number of hydrogen-bond acceptors (Lipinski definition) is 6. The fraction of sp³-hybridized carbons (Fsp3) is 0.143. The molecule has 0 aliphatic rings. The molecule has 8 heteroatoms. The summed E-state index contributed by atoms with van der Waals surface area (Å²) in [4.78, 5) is 20.7. The van der Waals surface area contributed by atoms with Crippen molar-refractivity contribution >= 4 is 39.8 Å². The molecule has 1 aromatic heterocycles. The van der Waals surface area contributed by atoms with E-state index in [9.17, 15) is 4.79 Å². The van der Waals surface area contributed by atoms with Gasteiger partial charge in [0.15, 0.2) is 11.8 Å². The van der Waals surface area contributed by atoms with Crippen LogP contribution in [0.15, 0.2) is 75.4 Å². The van der Waals surface area contributed by atoms with Gasteiger partial charge in [-0.05, 0) is 30.2 Å². The van der Waals surface area contributed by atoms with Crippen molar-refractivity contribution in [3.63, 3.8) is 0 Å². The molecule has 0 atom stereocenters. The smallest absolute Gasteiger partial charge is 0.278 e. The van der Waals surface area contributed by atoms with Gasteiger partial charge in [-0.1, -0.05) is 70.2 Å². The lowest BCUT2D eigenvalue weighted by atomic mass is 10.2. The molecule has 3 rings (SSSR count). The summed E-state index contributed by atoms with van der Waals surface area (Å²) in [6.45, 7) is 1.68. The third kappa shape index (κ3) is 7.32. The van der Waals surface area contributed by atoms with E-state index in [2.05, 4.69) is 48.6 Å². The summed E-state index contributed by atoms with van der Waals surface area (Å²) in [5.74, 6) is 0.753. The molecule has 0 saturated carbocycles. The maximum atomic E-state index is 11.9. The Morgan fingerprint density at radius 1 is 1.17 bits per heavy atom. The number of benzene rings is 2. The molecule has 3 aromatic rings. The number of rotatable bonds is 8. The summed E-state index contributed by atoms with van der Waals surface area (Å²) >= 11 is 4.89. The Morgan fingerprint density at radius 2 is 1.93 bits per heavy atom. The molecule has 1 heterocycles. The Kier molecular flexibility index (Phi) is 7.77. The molecule has 2 aromatic carbocycles. The first-order chi connectivity index (χ1) is 14.1. The van der Waals surface area contributed by atoms with Crippen LogP contribution in [0.25, 0.3) is 0 Å². The van der Waals surface area contributed by atoms with Gasteiger partial charge in [0.05, 0.1) is 6.21 Å². The van der Waals surface area contributed by atoms with Gasteiger partial charge in [-0.15, -0.1) is 0 Å². The second kappa shape index (κ2) is 10.7. The van der Waals surface area contributed by atoms with Gasteiger partial charge >= 0.3 is 0 Å². The summed E-state index contributed by atoms with van der Waals surface area (Å²) in [5, 5.41) is 4.53. The Labute approximate surface area is 181 Å². The molecular formula is C21H19BrN4O2S. The first-order valence-corrected chi connectivity index (χ1v) is 10.6. The van der Waals surface area contributed by atoms with E-state index < -0.39 is 0 Å². The van der Waals surface area contributed by atoms with Gasteiger partial charge in [0.1, 0.15) is 0 Å². The number of nitrogens with one attached hydrogen (secondary N) is 1. The van der Waals surface area contributed by atoms with Crippen molar-refractivity contribution in [1.82, 2.24) is 15.4 Å². The predicted octanol–water partition coefficient (Wildman–Crippen LogP) is 4.37. The first-order valence-electron chi connectivity index (χ1n) is 8.81. The van der Waals surface area contributed by atoms with Crippen LogP contribution >= 0.6 is 27.7 Å². The number of aryl methyl sites for hydroxylation is 1. The zero-order valence-electron chi connectivity index (χ0n) is 15.7. The first kappa shape index (κ1) is 21.0. The molecule has 0 saturated heterocycles. The van der Waals surface area contributed by atoms with E-state index in [0.717, 1.165) is 21.5 Å². The monoisotopic (exact) mass is 470 g/mol. The predicted molar refractivity (Wildman–Crippen MR) is 118 cm³/mol. The Balaban J connectivity index is 1.49. The van der Waals surface area contributed by atoms with Gasteiger partial charge in [-0.3, -0.25) is 4.79 Å². The number of carbonyl (C=O) groups is 1. The van der Waals surface area contributed by atoms with Crippen LogP contribution in [0.4, 0.5) is 0 Å². The normalized spacial score (nSPS) is 10.8. The van der Waals surface area contributed by atoms with Gasteiger partial charge < -0.3 is 4.74 Å². The minimum atomic E-state index is -0.367. The topological polar surface area (TPSA) is 76.5 Å². The number of nitrogens with zero attached hydrogens (tertiary/aromatic N) is 3. The number of aromatic nitrogens is 2. The summed E-state index contributed by atoms with van der Waals surface area (Å²) in [6, 6.07) is 19.4. The van der Waals surface area contributed by atoms with E-state index in [1.165, 1.54) is 17.3 Å². The van der Waals surface area contributed by atoms with Crippen molar-refractivity contribution in [2.45, 2.75) is 17.8 Å². The molecule has 29 heavy (non-hydrogen) atoms. The minimum absolute atomic E-state index is 0.184. The SMILES string of the molecule is Cc1cc(OCC(=O)N/N=C/c2ccc(Br)cc2)nc(SCc2ccccc2)n1. The van der Waals surface area contributed by atoms with Crippen LogP contribution in [0.1, 0.15) is 16.8 Å². The van der Waals surface area contributed by atoms with Gasteiger partial charge in [0, 0.05) is 22.0 Å². The van der Waals surface area contributed by atoms with E-state index in [-0.39, 0.29) is 12.5 Å². The summed E-state index contributed by atoms with van der Waals surface area (Å²) in [5.41, 5.74) is 5.28. The highest BCUT2D eigenvalue weighted by atomic mass is 79.9. The van der Waals surface area contributed by atoms with Crippen LogP contribution in [0.3, 0.4) is 0 Å². The number of amides is 1. The number of ether oxygens (including phenoxy) is 1. The number of hydrazone groups is 1. The van der Waals surface area contributed by atoms with Crippen LogP contribution in [0, 0.1) is 6.92 Å². The van der Waals surface area contributed by atoms with Gasteiger partial charge in [-0.2, -0.15) is 10.1 Å². The van der Waals surface area contributed by atoms with Crippen molar-refractivity contribution in [3.8, 4) is 5.88 Å². The fourth-order valence-corrected chi connectivity index (χ4v) is 3.39. The van der Waals surface area contributed by atoms with Crippen molar-refractivity contribution in [2.75, 3.05) is 6.61 Å². The van der Waals surface area contributed by atoms with E-state index in [1.54, 1.807) is 12.3 Å². The lowest BCUT2D eigenvalue weighted by Gasteiger charge is -2.07. The quantitative estimate of drug-likeness (QED) is 0.229. The molecule has 0 spiro atoms. The summed E-state index contributed by atoms with van der Waals surface area (Å²) in [7, 11) is 0. The number of carbonyl (C=O) groups excluding carboxylic acids is 1. The molecule has 0 aliphatic heterocycles. The number of halogens is 1. The Hall–Kier alpha value is -2.71. The molecule has 0 unspecified atom stereocenters. The van der Waals surface area contributed by atoms with Crippen molar-refractivity contribution in [3.05, 3.63) is 82.0 Å². The van der Waals surface area contributed by atoms with E-state index in [1.807, 2.05) is 49.4 Å². The summed E-state index contributed by atoms with van der Waals surface area (Å²) < 4.78 is 6.48. The maximum absolute atomic E-state index is 11.9. The van der Waals surface area contributed by atoms with Crippen LogP contribution in [0.5, 0.6) is 5.88 Å². The highest BCUT2D eigenvalue weighted by Gasteiger charge is 2.07. The fourth-order valence-electron chi connectivity index (χ4n) is 2.27. The molecule has 6 nitrogen and oxygen atoms in total. The molecule has 0 radical (unpaired) electrons. The second-order valence-electron chi connectivity index (χ2n) is 6.04. The Morgan fingerprint density at radius 3 is 2.69 bits per heavy atom. The van der Waals surface area contributed by atoms with Crippen LogP contribution in [0.2, 0.25) is 0 Å².